The highest BCUT2D eigenvalue weighted by Crippen LogP contribution is 2.68. The Labute approximate surface area is 144 Å². The van der Waals surface area contributed by atoms with Crippen LogP contribution in [-0.2, 0) is 15.2 Å². The predicted octanol–water partition coefficient (Wildman–Crippen LogP) is 2.68. The van der Waals surface area contributed by atoms with E-state index in [1.807, 2.05) is 30.7 Å². The maximum atomic E-state index is 10.1. The van der Waals surface area contributed by atoms with Crippen molar-refractivity contribution >= 4 is 22.6 Å². The lowest BCUT2D eigenvalue weighted by Gasteiger charge is -2.46. The molecule has 2 aromatic heterocycles. The van der Waals surface area contributed by atoms with Crippen LogP contribution in [0.4, 0.5) is 0 Å². The summed E-state index contributed by atoms with van der Waals surface area (Å²) in [5.41, 5.74) is -0.135. The molecule has 0 aromatic carbocycles. The monoisotopic (exact) mass is 349 g/mol. The first kappa shape index (κ1) is 15.1. The maximum absolute atomic E-state index is 10.1. The van der Waals surface area contributed by atoms with Crippen molar-refractivity contribution < 1.29 is 14.6 Å². The molecule has 4 atom stereocenters. The average Bonchev–Trinajstić information content (AvgIpc) is 3.10. The molecular formula is C17H20ClN3O3. The van der Waals surface area contributed by atoms with Crippen LogP contribution in [0.1, 0.15) is 33.1 Å². The molecule has 2 saturated carbocycles. The molecule has 0 radical (unpaired) electrons. The van der Waals surface area contributed by atoms with Crippen molar-refractivity contribution in [1.82, 2.24) is 14.5 Å². The summed E-state index contributed by atoms with van der Waals surface area (Å²) in [5, 5.41) is 11.4. The predicted molar refractivity (Wildman–Crippen MR) is 87.4 cm³/mol. The van der Waals surface area contributed by atoms with Gasteiger partial charge in [0.1, 0.15) is 23.2 Å². The number of halogens is 1. The summed E-state index contributed by atoms with van der Waals surface area (Å²) in [4.78, 5) is 8.50. The largest absolute Gasteiger partial charge is 0.396 e. The van der Waals surface area contributed by atoms with Crippen LogP contribution in [-0.4, -0.2) is 38.1 Å². The van der Waals surface area contributed by atoms with Gasteiger partial charge >= 0.3 is 0 Å². The van der Waals surface area contributed by atoms with Gasteiger partial charge in [0.15, 0.2) is 11.5 Å². The van der Waals surface area contributed by atoms with Crippen LogP contribution in [0.5, 0.6) is 0 Å². The molecule has 3 heterocycles. The zero-order valence-electron chi connectivity index (χ0n) is 13.7. The topological polar surface area (TPSA) is 69.4 Å². The van der Waals surface area contributed by atoms with Crippen molar-refractivity contribution in [1.29, 1.82) is 0 Å². The molecule has 2 aromatic rings. The fourth-order valence-corrected chi connectivity index (χ4v) is 5.30. The zero-order valence-corrected chi connectivity index (χ0v) is 14.5. The SMILES string of the molecule is CC1(C)O[C@@H]2[C@]3(CO)CC[C@@H]3C[C@]2(n2ccc3c(Cl)ncnc32)O1. The Morgan fingerprint density at radius 1 is 1.42 bits per heavy atom. The van der Waals surface area contributed by atoms with Gasteiger partial charge in [-0.3, -0.25) is 0 Å². The molecule has 5 rings (SSSR count). The zero-order chi connectivity index (χ0) is 16.7. The smallest absolute Gasteiger partial charge is 0.176 e. The van der Waals surface area contributed by atoms with E-state index in [1.54, 1.807) is 0 Å². The Morgan fingerprint density at radius 2 is 2.25 bits per heavy atom. The van der Waals surface area contributed by atoms with E-state index < -0.39 is 11.5 Å². The molecular weight excluding hydrogens is 330 g/mol. The summed E-state index contributed by atoms with van der Waals surface area (Å²) in [7, 11) is 0. The molecule has 1 saturated heterocycles. The number of hydrogen-bond donors (Lipinski definition) is 1. The molecule has 24 heavy (non-hydrogen) atoms. The van der Waals surface area contributed by atoms with Crippen molar-refractivity contribution in [2.45, 2.75) is 50.7 Å². The number of hydrogen-bond acceptors (Lipinski definition) is 5. The molecule has 7 heteroatoms. The van der Waals surface area contributed by atoms with Crippen LogP contribution in [0.25, 0.3) is 11.0 Å². The number of ether oxygens (including phenoxy) is 2. The van der Waals surface area contributed by atoms with E-state index in [2.05, 4.69) is 9.97 Å². The van der Waals surface area contributed by atoms with Gasteiger partial charge in [-0.25, -0.2) is 9.97 Å². The van der Waals surface area contributed by atoms with Gasteiger partial charge in [-0.15, -0.1) is 0 Å². The Bertz CT molecular complexity index is 834. The Kier molecular flexibility index (Phi) is 2.82. The number of aliphatic hydroxyl groups excluding tert-OH is 1. The van der Waals surface area contributed by atoms with Gasteiger partial charge in [0.25, 0.3) is 0 Å². The van der Waals surface area contributed by atoms with Gasteiger partial charge in [0.2, 0.25) is 0 Å². The first-order valence-corrected chi connectivity index (χ1v) is 8.77. The standard InChI is InChI=1S/C17H20ClN3O3/c1-15(2)23-14-16(8-22)5-3-10(16)7-17(14,24-15)21-6-4-11-12(18)19-9-20-13(11)21/h4,6,9-10,14,22H,3,5,7-8H2,1-2H3/t10-,14-,16+,17+/m1/s1. The van der Waals surface area contributed by atoms with E-state index in [1.165, 1.54) is 6.33 Å². The third-order valence-electron chi connectivity index (χ3n) is 6.20. The van der Waals surface area contributed by atoms with E-state index >= 15 is 0 Å². The minimum Gasteiger partial charge on any atom is -0.396 e. The van der Waals surface area contributed by atoms with E-state index in [0.717, 1.165) is 30.3 Å². The van der Waals surface area contributed by atoms with Crippen molar-refractivity contribution in [3.05, 3.63) is 23.7 Å². The van der Waals surface area contributed by atoms with Gasteiger partial charge in [0, 0.05) is 18.0 Å². The second kappa shape index (κ2) is 4.49. The van der Waals surface area contributed by atoms with E-state index in [9.17, 15) is 5.11 Å². The fourth-order valence-electron chi connectivity index (χ4n) is 5.11. The summed E-state index contributed by atoms with van der Waals surface area (Å²) >= 11 is 6.22. The van der Waals surface area contributed by atoms with Crippen LogP contribution in [0.15, 0.2) is 18.6 Å². The number of aromatic nitrogens is 3. The van der Waals surface area contributed by atoms with Gasteiger partial charge < -0.3 is 19.1 Å². The second-order valence-corrected chi connectivity index (χ2v) is 8.12. The van der Waals surface area contributed by atoms with Gasteiger partial charge in [-0.2, -0.15) is 0 Å². The molecule has 1 aliphatic heterocycles. The number of rotatable bonds is 2. The summed E-state index contributed by atoms with van der Waals surface area (Å²) in [5.74, 6) is -0.306. The second-order valence-electron chi connectivity index (χ2n) is 7.76. The lowest BCUT2D eigenvalue weighted by Crippen LogP contribution is -2.51. The van der Waals surface area contributed by atoms with Crippen molar-refractivity contribution in [2.75, 3.05) is 6.61 Å². The molecule has 0 amide bonds. The minimum absolute atomic E-state index is 0.123. The summed E-state index contributed by atoms with van der Waals surface area (Å²) in [6.45, 7) is 3.98. The van der Waals surface area contributed by atoms with Crippen molar-refractivity contribution in [3.8, 4) is 0 Å². The maximum Gasteiger partial charge on any atom is 0.176 e. The van der Waals surface area contributed by atoms with Crippen LogP contribution in [0.2, 0.25) is 5.15 Å². The van der Waals surface area contributed by atoms with Crippen LogP contribution in [0.3, 0.4) is 0 Å². The summed E-state index contributed by atoms with van der Waals surface area (Å²) in [6.07, 6.45) is 6.11. The molecule has 1 N–H and O–H groups in total. The highest BCUT2D eigenvalue weighted by Gasteiger charge is 2.73. The fraction of sp³-hybridized carbons (Fsp3) is 0.647. The molecule has 128 valence electrons. The quantitative estimate of drug-likeness (QED) is 0.844. The number of nitrogens with zero attached hydrogens (tertiary/aromatic N) is 3. The third-order valence-corrected chi connectivity index (χ3v) is 6.50. The Morgan fingerprint density at radius 3 is 2.96 bits per heavy atom. The lowest BCUT2D eigenvalue weighted by atomic mass is 9.61. The summed E-state index contributed by atoms with van der Waals surface area (Å²) in [6, 6.07) is 1.92. The molecule has 3 fully saturated rings. The minimum atomic E-state index is -0.708. The average molecular weight is 350 g/mol. The van der Waals surface area contributed by atoms with E-state index in [-0.39, 0.29) is 18.1 Å². The highest BCUT2D eigenvalue weighted by molar-refractivity contribution is 6.33. The molecule has 0 bridgehead atoms. The van der Waals surface area contributed by atoms with Gasteiger partial charge in [-0.05, 0) is 38.7 Å². The lowest BCUT2D eigenvalue weighted by molar-refractivity contribution is -0.205. The Balaban J connectivity index is 1.73. The molecule has 0 unspecified atom stereocenters. The van der Waals surface area contributed by atoms with Crippen molar-refractivity contribution in [3.63, 3.8) is 0 Å². The van der Waals surface area contributed by atoms with Crippen LogP contribution >= 0.6 is 11.6 Å². The highest BCUT2D eigenvalue weighted by atomic mass is 35.5. The molecule has 3 aliphatic rings. The van der Waals surface area contributed by atoms with Crippen LogP contribution < -0.4 is 0 Å². The van der Waals surface area contributed by atoms with Gasteiger partial charge in [0.05, 0.1) is 12.0 Å². The number of fused-ring (bicyclic) bond motifs is 4. The van der Waals surface area contributed by atoms with E-state index in [0.29, 0.717) is 11.1 Å². The molecule has 2 aliphatic carbocycles. The van der Waals surface area contributed by atoms with Crippen LogP contribution in [0, 0.1) is 11.3 Å². The van der Waals surface area contributed by atoms with Crippen molar-refractivity contribution in [2.24, 2.45) is 11.3 Å². The van der Waals surface area contributed by atoms with Gasteiger partial charge in [-0.1, -0.05) is 11.6 Å². The molecule has 6 nitrogen and oxygen atoms in total. The number of aliphatic hydroxyl groups is 1. The normalized spacial score (nSPS) is 39.7. The van der Waals surface area contributed by atoms with E-state index in [4.69, 9.17) is 21.1 Å². The Hall–Kier alpha value is -1.21. The molecule has 0 spiro atoms. The third kappa shape index (κ3) is 1.62. The first-order valence-electron chi connectivity index (χ1n) is 8.39. The first-order chi connectivity index (χ1) is 11.4. The summed E-state index contributed by atoms with van der Waals surface area (Å²) < 4.78 is 14.9.